The zero-order valence-electron chi connectivity index (χ0n) is 21.4. The van der Waals surface area contributed by atoms with Gasteiger partial charge in [-0.05, 0) is 49.5 Å². The number of hydrogen-bond acceptors (Lipinski definition) is 4. The van der Waals surface area contributed by atoms with E-state index in [1.54, 1.807) is 0 Å². The number of hydrogen-bond donors (Lipinski definition) is 3. The molecule has 0 radical (unpaired) electrons. The molecule has 0 aromatic heterocycles. The largest absolute Gasteiger partial charge is 0.511 e. The number of ether oxygens (including phenoxy) is 1. The molecule has 2 atom stereocenters. The van der Waals surface area contributed by atoms with Gasteiger partial charge < -0.3 is 20.1 Å². The maximum absolute atomic E-state index is 11.9. The number of benzene rings is 6. The van der Waals surface area contributed by atoms with Crippen LogP contribution >= 0.6 is 0 Å². The Labute approximate surface area is 230 Å². The van der Waals surface area contributed by atoms with Crippen molar-refractivity contribution in [2.24, 2.45) is 0 Å². The van der Waals surface area contributed by atoms with Crippen molar-refractivity contribution in [1.82, 2.24) is 0 Å². The first-order chi connectivity index (χ1) is 19.6. The zero-order valence-corrected chi connectivity index (χ0v) is 21.4. The van der Waals surface area contributed by atoms with Gasteiger partial charge in [0.25, 0.3) is 0 Å². The lowest BCUT2D eigenvalue weighted by molar-refractivity contribution is 0.151. The van der Waals surface area contributed by atoms with Crippen molar-refractivity contribution < 1.29 is 20.1 Å². The minimum atomic E-state index is -0.881. The Bertz CT molecular complexity index is 2020. The summed E-state index contributed by atoms with van der Waals surface area (Å²) < 4.78 is 5.98. The Morgan fingerprint density at radius 2 is 1.05 bits per heavy atom. The Balaban J connectivity index is 1.51. The second kappa shape index (κ2) is 8.39. The van der Waals surface area contributed by atoms with Crippen LogP contribution in [0.1, 0.15) is 17.0 Å². The molecule has 6 aromatic rings. The molecule has 8 rings (SSSR count). The van der Waals surface area contributed by atoms with Gasteiger partial charge >= 0.3 is 0 Å². The van der Waals surface area contributed by atoms with Gasteiger partial charge in [0, 0.05) is 11.1 Å². The smallest absolute Gasteiger partial charge is 0.177 e. The van der Waals surface area contributed by atoms with E-state index in [0.717, 1.165) is 49.0 Å². The van der Waals surface area contributed by atoms with Gasteiger partial charge in [-0.3, -0.25) is 0 Å². The summed E-state index contributed by atoms with van der Waals surface area (Å²) in [5, 5.41) is 40.6. The number of para-hydroxylation sites is 1. The lowest BCUT2D eigenvalue weighted by Gasteiger charge is -2.28. The molecule has 0 amide bonds. The highest BCUT2D eigenvalue weighted by Gasteiger charge is 2.47. The summed E-state index contributed by atoms with van der Waals surface area (Å²) in [6.07, 6.45) is -0.881. The van der Waals surface area contributed by atoms with E-state index in [2.05, 4.69) is 48.5 Å². The van der Waals surface area contributed by atoms with E-state index >= 15 is 0 Å². The van der Waals surface area contributed by atoms with E-state index in [0.29, 0.717) is 11.3 Å². The van der Waals surface area contributed by atoms with Crippen molar-refractivity contribution >= 4 is 37.9 Å². The third-order valence-corrected chi connectivity index (χ3v) is 8.35. The van der Waals surface area contributed by atoms with Crippen molar-refractivity contribution in [1.29, 1.82) is 0 Å². The Morgan fingerprint density at radius 1 is 0.500 bits per heavy atom. The SMILES string of the molecule is OC1=C(O)C2Oc3ccccc3C2C(O)=C1c1c2ccccc2c(-c2cccc3ccccc23)c2ccccc12. The van der Waals surface area contributed by atoms with Gasteiger partial charge in [-0.2, -0.15) is 0 Å². The summed E-state index contributed by atoms with van der Waals surface area (Å²) >= 11 is 0. The fourth-order valence-corrected chi connectivity index (χ4v) is 6.63. The maximum Gasteiger partial charge on any atom is 0.177 e. The van der Waals surface area contributed by atoms with Crippen LogP contribution in [0.15, 0.2) is 133 Å². The van der Waals surface area contributed by atoms with Gasteiger partial charge in [-0.15, -0.1) is 0 Å². The van der Waals surface area contributed by atoms with E-state index in [9.17, 15) is 15.3 Å². The minimum absolute atomic E-state index is 0.0153. The fourth-order valence-electron chi connectivity index (χ4n) is 6.63. The van der Waals surface area contributed by atoms with Crippen molar-refractivity contribution in [3.8, 4) is 16.9 Å². The van der Waals surface area contributed by atoms with Crippen LogP contribution in [0.2, 0.25) is 0 Å². The summed E-state index contributed by atoms with van der Waals surface area (Å²) in [6.45, 7) is 0. The van der Waals surface area contributed by atoms with Crippen LogP contribution in [0, 0.1) is 0 Å². The molecule has 2 unspecified atom stereocenters. The summed E-state index contributed by atoms with van der Waals surface area (Å²) in [6, 6.07) is 38.3. The highest BCUT2D eigenvalue weighted by atomic mass is 16.5. The summed E-state index contributed by atoms with van der Waals surface area (Å²) in [5.74, 6) is -0.693. The number of fused-ring (bicyclic) bond motifs is 6. The van der Waals surface area contributed by atoms with Crippen molar-refractivity contribution in [3.63, 3.8) is 0 Å². The Kier molecular flexibility index (Phi) is 4.77. The maximum atomic E-state index is 11.9. The average molecular weight is 521 g/mol. The molecule has 0 saturated heterocycles. The van der Waals surface area contributed by atoms with Crippen LogP contribution in [0.3, 0.4) is 0 Å². The minimum Gasteiger partial charge on any atom is -0.511 e. The van der Waals surface area contributed by atoms with Crippen LogP contribution < -0.4 is 4.74 Å². The Hall–Kier alpha value is -5.22. The van der Waals surface area contributed by atoms with Crippen LogP contribution in [-0.4, -0.2) is 21.4 Å². The van der Waals surface area contributed by atoms with Gasteiger partial charge in [0.15, 0.2) is 17.6 Å². The predicted molar refractivity (Wildman–Crippen MR) is 160 cm³/mol. The molecular weight excluding hydrogens is 496 g/mol. The molecule has 1 heterocycles. The fraction of sp³-hybridized carbons (Fsp3) is 0.0556. The molecule has 0 spiro atoms. The molecule has 4 heteroatoms. The quantitative estimate of drug-likeness (QED) is 0.199. The lowest BCUT2D eigenvalue weighted by Crippen LogP contribution is -2.29. The lowest BCUT2D eigenvalue weighted by atomic mass is 9.79. The highest BCUT2D eigenvalue weighted by Crippen LogP contribution is 2.53. The Morgan fingerprint density at radius 3 is 1.75 bits per heavy atom. The third-order valence-electron chi connectivity index (χ3n) is 8.35. The molecular formula is C36H24O4. The molecule has 3 N–H and O–H groups in total. The summed E-state index contributed by atoms with van der Waals surface area (Å²) in [4.78, 5) is 0. The van der Waals surface area contributed by atoms with Crippen molar-refractivity contribution in [3.05, 3.63) is 144 Å². The monoisotopic (exact) mass is 520 g/mol. The van der Waals surface area contributed by atoms with E-state index in [-0.39, 0.29) is 22.9 Å². The average Bonchev–Trinajstić information content (AvgIpc) is 3.40. The predicted octanol–water partition coefficient (Wildman–Crippen LogP) is 8.97. The van der Waals surface area contributed by atoms with Crippen LogP contribution in [0.4, 0.5) is 0 Å². The second-order valence-corrected chi connectivity index (χ2v) is 10.4. The van der Waals surface area contributed by atoms with Gasteiger partial charge in [0.1, 0.15) is 11.5 Å². The van der Waals surface area contributed by atoms with Gasteiger partial charge in [-0.25, -0.2) is 0 Å². The first-order valence-corrected chi connectivity index (χ1v) is 13.4. The number of allylic oxidation sites excluding steroid dienone is 1. The molecule has 192 valence electrons. The second-order valence-electron chi connectivity index (χ2n) is 10.4. The van der Waals surface area contributed by atoms with Crippen molar-refractivity contribution in [2.75, 3.05) is 0 Å². The number of aliphatic hydroxyl groups excluding tert-OH is 3. The third kappa shape index (κ3) is 3.02. The van der Waals surface area contributed by atoms with E-state index in [1.165, 1.54) is 0 Å². The molecule has 0 fully saturated rings. The molecule has 1 aliphatic carbocycles. The standard InChI is InChI=1S/C36H24O4/c37-33-31-27-17-7-8-19-28(27)40-36(31)35(39)34(38)32(33)30-25-15-5-3-13-23(25)29(24-14-4-6-16-26(24)30)22-18-9-11-20-10-1-2-12-21(20)22/h1-19,31,36-39H. The van der Waals surface area contributed by atoms with Gasteiger partial charge in [-0.1, -0.05) is 109 Å². The molecule has 0 bridgehead atoms. The summed E-state index contributed by atoms with van der Waals surface area (Å²) in [5.41, 5.74) is 3.89. The highest BCUT2D eigenvalue weighted by molar-refractivity contribution is 6.22. The van der Waals surface area contributed by atoms with Crippen LogP contribution in [0.5, 0.6) is 5.75 Å². The first-order valence-electron chi connectivity index (χ1n) is 13.4. The molecule has 0 saturated carbocycles. The van der Waals surface area contributed by atoms with E-state index in [1.807, 2.05) is 66.7 Å². The summed E-state index contributed by atoms with van der Waals surface area (Å²) in [7, 11) is 0. The molecule has 6 aromatic carbocycles. The zero-order chi connectivity index (χ0) is 27.0. The molecule has 40 heavy (non-hydrogen) atoms. The van der Waals surface area contributed by atoms with E-state index in [4.69, 9.17) is 4.74 Å². The van der Waals surface area contributed by atoms with Gasteiger partial charge in [0.05, 0.1) is 11.5 Å². The topological polar surface area (TPSA) is 69.9 Å². The van der Waals surface area contributed by atoms with E-state index < -0.39 is 12.0 Å². The number of rotatable bonds is 2. The first kappa shape index (κ1) is 22.7. The van der Waals surface area contributed by atoms with Crippen LogP contribution in [0.25, 0.3) is 49.0 Å². The normalized spacial score (nSPS) is 18.3. The molecule has 1 aliphatic heterocycles. The van der Waals surface area contributed by atoms with Crippen molar-refractivity contribution in [2.45, 2.75) is 12.0 Å². The molecule has 4 nitrogen and oxygen atoms in total. The van der Waals surface area contributed by atoms with Crippen LogP contribution in [-0.2, 0) is 0 Å². The van der Waals surface area contributed by atoms with Gasteiger partial charge in [0.2, 0.25) is 0 Å². The molecule has 2 aliphatic rings. The number of aliphatic hydroxyl groups is 3.